The molecule has 0 heterocycles. The number of hydrogen-bond donors (Lipinski definition) is 5. The van der Waals surface area contributed by atoms with E-state index < -0.39 is 6.10 Å². The Hall–Kier alpha value is -0.200. The van der Waals surface area contributed by atoms with Crippen LogP contribution in [0.25, 0.3) is 0 Å². The van der Waals surface area contributed by atoms with Crippen LogP contribution in [0.5, 0.6) is 0 Å². The van der Waals surface area contributed by atoms with Crippen molar-refractivity contribution in [2.75, 3.05) is 26.4 Å². The summed E-state index contributed by atoms with van der Waals surface area (Å²) in [5.41, 5.74) is 0. The maximum atomic E-state index is 8.17. The highest BCUT2D eigenvalue weighted by molar-refractivity contribution is 4.51. The lowest BCUT2D eigenvalue weighted by Crippen LogP contribution is -2.15. The van der Waals surface area contributed by atoms with Crippen molar-refractivity contribution in [1.29, 1.82) is 0 Å². The number of aliphatic hydroxyl groups excluding tert-OH is 5. The minimum atomic E-state index is -0.954. The third-order valence-electron chi connectivity index (χ3n) is 2.02. The predicted octanol–water partition coefficient (Wildman–Crippen LogP) is -0.356. The summed E-state index contributed by atoms with van der Waals surface area (Å²) >= 11 is 0. The van der Waals surface area contributed by atoms with Crippen molar-refractivity contribution >= 4 is 0 Å². The molecule has 0 spiro atoms. The van der Waals surface area contributed by atoms with Crippen molar-refractivity contribution in [3.8, 4) is 0 Å². The average Bonchev–Trinajstić information content (AvgIpc) is 2.40. The van der Waals surface area contributed by atoms with Gasteiger partial charge in [0.1, 0.15) is 6.10 Å². The summed E-state index contributed by atoms with van der Waals surface area (Å²) in [5, 5.41) is 39.3. The highest BCUT2D eigenvalue weighted by Gasteiger charge is 1.95. The molecule has 5 nitrogen and oxygen atoms in total. The van der Waals surface area contributed by atoms with Crippen molar-refractivity contribution in [2.24, 2.45) is 0 Å². The fraction of sp³-hybridized carbons (Fsp3) is 1.00. The predicted molar refractivity (Wildman–Crippen MR) is 62.1 cm³/mol. The number of aliphatic hydroxyl groups is 5. The largest absolute Gasteiger partial charge is 0.394 e. The van der Waals surface area contributed by atoms with Crippen molar-refractivity contribution in [3.05, 3.63) is 0 Å². The van der Waals surface area contributed by atoms with Gasteiger partial charge in [-0.2, -0.15) is 0 Å². The quantitative estimate of drug-likeness (QED) is 0.462. The van der Waals surface area contributed by atoms with Crippen LogP contribution in [-0.2, 0) is 0 Å². The Morgan fingerprint density at radius 1 is 0.625 bits per heavy atom. The topological polar surface area (TPSA) is 101 Å². The Kier molecular flexibility index (Phi) is 19.5. The molecule has 0 unspecified atom stereocenters. The summed E-state index contributed by atoms with van der Waals surface area (Å²) < 4.78 is 0. The Labute approximate surface area is 97.4 Å². The van der Waals surface area contributed by atoms with Crippen LogP contribution in [0.15, 0.2) is 0 Å². The van der Waals surface area contributed by atoms with Crippen molar-refractivity contribution < 1.29 is 25.5 Å². The zero-order valence-corrected chi connectivity index (χ0v) is 9.88. The molecule has 0 aliphatic heterocycles. The second-order valence-electron chi connectivity index (χ2n) is 3.59. The van der Waals surface area contributed by atoms with E-state index in [1.165, 1.54) is 38.5 Å². The summed E-state index contributed by atoms with van der Waals surface area (Å²) in [6.45, 7) is -0.979. The molecule has 100 valence electrons. The molecular weight excluding hydrogens is 212 g/mol. The van der Waals surface area contributed by atoms with E-state index in [0.717, 1.165) is 0 Å². The fourth-order valence-electron chi connectivity index (χ4n) is 1.12. The first-order chi connectivity index (χ1) is 7.72. The minimum absolute atomic E-state index is 0.125. The molecule has 5 N–H and O–H groups in total. The molecular formula is C11H26O5. The van der Waals surface area contributed by atoms with Gasteiger partial charge in [0.25, 0.3) is 0 Å². The lowest BCUT2D eigenvalue weighted by atomic mass is 10.0. The number of hydrogen-bond acceptors (Lipinski definition) is 5. The van der Waals surface area contributed by atoms with Gasteiger partial charge in [0.15, 0.2) is 0 Å². The molecule has 0 amide bonds. The number of rotatable bonds is 3. The molecule has 1 saturated carbocycles. The molecule has 0 aromatic rings. The van der Waals surface area contributed by atoms with Crippen molar-refractivity contribution in [3.63, 3.8) is 0 Å². The Morgan fingerprint density at radius 2 is 0.875 bits per heavy atom. The second-order valence-corrected chi connectivity index (χ2v) is 3.59. The zero-order valence-electron chi connectivity index (χ0n) is 9.88. The lowest BCUT2D eigenvalue weighted by Gasteiger charge is -2.05. The van der Waals surface area contributed by atoms with E-state index in [9.17, 15) is 0 Å². The monoisotopic (exact) mass is 238 g/mol. The van der Waals surface area contributed by atoms with E-state index in [0.29, 0.717) is 0 Å². The van der Waals surface area contributed by atoms with E-state index in [4.69, 9.17) is 25.5 Å². The molecule has 1 fully saturated rings. The third kappa shape index (κ3) is 19.4. The van der Waals surface area contributed by atoms with Gasteiger partial charge in [-0.25, -0.2) is 0 Å². The maximum absolute atomic E-state index is 8.17. The maximum Gasteiger partial charge on any atom is 0.100 e. The molecule has 5 heteroatoms. The van der Waals surface area contributed by atoms with E-state index in [2.05, 4.69) is 0 Å². The molecule has 0 atom stereocenters. The summed E-state index contributed by atoms with van der Waals surface area (Å²) in [6.07, 6.45) is 8.05. The van der Waals surface area contributed by atoms with Crippen LogP contribution in [-0.4, -0.2) is 58.1 Å². The summed E-state index contributed by atoms with van der Waals surface area (Å²) in [5.74, 6) is 0. The fourth-order valence-corrected chi connectivity index (χ4v) is 1.12. The first-order valence-electron chi connectivity index (χ1n) is 5.84. The van der Waals surface area contributed by atoms with Crippen LogP contribution in [0.1, 0.15) is 38.5 Å². The minimum Gasteiger partial charge on any atom is -0.394 e. The standard InChI is InChI=1S/C6H12.C3H8O3.C2H6O2/c1-2-4-6-5-3-1;4-1-3(6)2-5;3-1-2-4/h1-6H2;3-6H,1-2H2;3-4H,1-2H2. The van der Waals surface area contributed by atoms with Crippen LogP contribution < -0.4 is 0 Å². The molecule has 1 rings (SSSR count). The van der Waals surface area contributed by atoms with E-state index >= 15 is 0 Å². The molecule has 0 radical (unpaired) electrons. The lowest BCUT2D eigenvalue weighted by molar-refractivity contribution is 0.0450. The molecule has 0 saturated heterocycles. The smallest absolute Gasteiger partial charge is 0.100 e. The average molecular weight is 238 g/mol. The van der Waals surface area contributed by atoms with Gasteiger partial charge >= 0.3 is 0 Å². The normalized spacial score (nSPS) is 14.6. The van der Waals surface area contributed by atoms with Gasteiger partial charge in [-0.1, -0.05) is 38.5 Å². The molecule has 0 aromatic heterocycles. The third-order valence-corrected chi connectivity index (χ3v) is 2.02. The van der Waals surface area contributed by atoms with E-state index in [1.54, 1.807) is 0 Å². The molecule has 16 heavy (non-hydrogen) atoms. The molecule has 1 aliphatic carbocycles. The highest BCUT2D eigenvalue weighted by atomic mass is 16.3. The van der Waals surface area contributed by atoms with Gasteiger partial charge in [-0.05, 0) is 0 Å². The van der Waals surface area contributed by atoms with Gasteiger partial charge in [0.2, 0.25) is 0 Å². The van der Waals surface area contributed by atoms with Crippen molar-refractivity contribution in [2.45, 2.75) is 44.6 Å². The Bertz CT molecular complexity index is 89.0. The summed E-state index contributed by atoms with van der Waals surface area (Å²) in [6, 6.07) is 0. The van der Waals surface area contributed by atoms with Crippen molar-refractivity contribution in [1.82, 2.24) is 0 Å². The van der Waals surface area contributed by atoms with Crippen LogP contribution in [0, 0.1) is 0 Å². The molecule has 1 aliphatic rings. The van der Waals surface area contributed by atoms with Crippen LogP contribution >= 0.6 is 0 Å². The SMILES string of the molecule is C1CCCCC1.OCC(O)CO.OCCO. The Morgan fingerprint density at radius 3 is 0.938 bits per heavy atom. The summed E-state index contributed by atoms with van der Waals surface area (Å²) in [7, 11) is 0. The van der Waals surface area contributed by atoms with Gasteiger partial charge in [-0.15, -0.1) is 0 Å². The highest BCUT2D eigenvalue weighted by Crippen LogP contribution is 2.15. The first-order valence-corrected chi connectivity index (χ1v) is 5.84. The van der Waals surface area contributed by atoms with Gasteiger partial charge in [-0.3, -0.25) is 0 Å². The molecule has 0 aromatic carbocycles. The Balaban J connectivity index is 0. The van der Waals surface area contributed by atoms with Crippen LogP contribution in [0.4, 0.5) is 0 Å². The van der Waals surface area contributed by atoms with E-state index in [-0.39, 0.29) is 26.4 Å². The van der Waals surface area contributed by atoms with Gasteiger partial charge in [0, 0.05) is 0 Å². The van der Waals surface area contributed by atoms with Gasteiger partial charge in [0.05, 0.1) is 26.4 Å². The first kappa shape index (κ1) is 18.2. The van der Waals surface area contributed by atoms with E-state index in [1.807, 2.05) is 0 Å². The second kappa shape index (κ2) is 17.2. The van der Waals surface area contributed by atoms with Crippen LogP contribution in [0.2, 0.25) is 0 Å². The van der Waals surface area contributed by atoms with Gasteiger partial charge < -0.3 is 25.5 Å². The molecule has 0 bridgehead atoms. The van der Waals surface area contributed by atoms with Crippen LogP contribution in [0.3, 0.4) is 0 Å². The zero-order chi connectivity index (χ0) is 12.6. The summed E-state index contributed by atoms with van der Waals surface area (Å²) in [4.78, 5) is 0.